The van der Waals surface area contributed by atoms with E-state index < -0.39 is 20.5 Å². The lowest BCUT2D eigenvalue weighted by Crippen LogP contribution is -2.27. The lowest BCUT2D eigenvalue weighted by atomic mass is 9.90. The van der Waals surface area contributed by atoms with Gasteiger partial charge in [0.15, 0.2) is 0 Å². The van der Waals surface area contributed by atoms with Crippen molar-refractivity contribution < 1.29 is 18.0 Å². The van der Waals surface area contributed by atoms with Crippen LogP contribution in [0.4, 0.5) is 4.39 Å². The van der Waals surface area contributed by atoms with Gasteiger partial charge in [-0.2, -0.15) is 0 Å². The summed E-state index contributed by atoms with van der Waals surface area (Å²) >= 11 is 0. The number of rotatable bonds is 5. The molecule has 2 rings (SSSR count). The molecule has 3 unspecified atom stereocenters. The summed E-state index contributed by atoms with van der Waals surface area (Å²) in [5, 5.41) is 0. The molecule has 2 aliphatic rings. The standard InChI is InChI=1S/C13H23FO3P/c14-12-8-4-5-9-13(12)17-18(15)16-10-11-6-2-1-3-7-11/h11-13H,1-10H2/q+1. The van der Waals surface area contributed by atoms with Crippen molar-refractivity contribution in [3.63, 3.8) is 0 Å². The van der Waals surface area contributed by atoms with Gasteiger partial charge < -0.3 is 0 Å². The van der Waals surface area contributed by atoms with E-state index >= 15 is 0 Å². The van der Waals surface area contributed by atoms with Crippen LogP contribution >= 0.6 is 8.25 Å². The fourth-order valence-corrected chi connectivity index (χ4v) is 3.68. The minimum absolute atomic E-state index is 0.499. The molecule has 3 nitrogen and oxygen atoms in total. The van der Waals surface area contributed by atoms with Crippen molar-refractivity contribution in [1.82, 2.24) is 0 Å². The van der Waals surface area contributed by atoms with Crippen LogP contribution in [0.2, 0.25) is 0 Å². The fourth-order valence-electron chi connectivity index (χ4n) is 2.83. The molecule has 0 aromatic rings. The van der Waals surface area contributed by atoms with Crippen molar-refractivity contribution in [1.29, 1.82) is 0 Å². The first-order valence-corrected chi connectivity index (χ1v) is 8.26. The number of alkyl halides is 1. The largest absolute Gasteiger partial charge is 0.697 e. The van der Waals surface area contributed by atoms with Gasteiger partial charge in [-0.3, -0.25) is 0 Å². The van der Waals surface area contributed by atoms with Crippen LogP contribution < -0.4 is 0 Å². The number of halogens is 1. The van der Waals surface area contributed by atoms with E-state index in [1.165, 1.54) is 19.3 Å². The average molecular weight is 277 g/mol. The molecular formula is C13H23FO3P+. The van der Waals surface area contributed by atoms with Gasteiger partial charge in [0.1, 0.15) is 18.9 Å². The highest BCUT2D eigenvalue weighted by molar-refractivity contribution is 7.33. The second kappa shape index (κ2) is 7.52. The van der Waals surface area contributed by atoms with Gasteiger partial charge in [0, 0.05) is 4.57 Å². The van der Waals surface area contributed by atoms with Gasteiger partial charge in [-0.15, -0.1) is 9.05 Å². The maximum Gasteiger partial charge on any atom is 0.697 e. The molecule has 18 heavy (non-hydrogen) atoms. The quantitative estimate of drug-likeness (QED) is 0.692. The van der Waals surface area contributed by atoms with E-state index in [4.69, 9.17) is 9.05 Å². The Morgan fingerprint density at radius 2 is 1.67 bits per heavy atom. The SMILES string of the molecule is O=[P+](OCC1CCCCC1)OC1CCCCC1F. The fraction of sp³-hybridized carbons (Fsp3) is 1.00. The highest BCUT2D eigenvalue weighted by Crippen LogP contribution is 2.35. The van der Waals surface area contributed by atoms with Gasteiger partial charge in [0.25, 0.3) is 0 Å². The van der Waals surface area contributed by atoms with Crippen LogP contribution in [-0.2, 0) is 13.6 Å². The van der Waals surface area contributed by atoms with Gasteiger partial charge in [-0.1, -0.05) is 32.1 Å². The summed E-state index contributed by atoms with van der Waals surface area (Å²) in [6, 6.07) is 0. The smallest absolute Gasteiger partial charge is 0.244 e. The van der Waals surface area contributed by atoms with Crippen LogP contribution in [0.25, 0.3) is 0 Å². The molecule has 2 saturated carbocycles. The summed E-state index contributed by atoms with van der Waals surface area (Å²) in [5.41, 5.74) is 0. The van der Waals surface area contributed by atoms with Crippen LogP contribution in [0.5, 0.6) is 0 Å². The van der Waals surface area contributed by atoms with E-state index in [9.17, 15) is 8.96 Å². The summed E-state index contributed by atoms with van der Waals surface area (Å²) in [6.07, 6.45) is 7.62. The first kappa shape index (κ1) is 14.4. The minimum atomic E-state index is -2.14. The lowest BCUT2D eigenvalue weighted by Gasteiger charge is -2.21. The molecule has 0 aromatic carbocycles. The minimum Gasteiger partial charge on any atom is -0.244 e. The zero-order valence-electron chi connectivity index (χ0n) is 10.9. The molecule has 3 atom stereocenters. The van der Waals surface area contributed by atoms with E-state index in [1.54, 1.807) is 0 Å². The topological polar surface area (TPSA) is 35.5 Å². The van der Waals surface area contributed by atoms with Crippen molar-refractivity contribution >= 4 is 8.25 Å². The van der Waals surface area contributed by atoms with Crippen molar-refractivity contribution in [2.24, 2.45) is 5.92 Å². The summed E-state index contributed by atoms with van der Waals surface area (Å²) in [6.45, 7) is 0.499. The molecule has 0 aliphatic heterocycles. The Morgan fingerprint density at radius 3 is 2.39 bits per heavy atom. The molecule has 0 amide bonds. The lowest BCUT2D eigenvalue weighted by molar-refractivity contribution is 0.0512. The Bertz CT molecular complexity index is 269. The molecule has 0 saturated heterocycles. The van der Waals surface area contributed by atoms with Crippen molar-refractivity contribution in [3.8, 4) is 0 Å². The second-order valence-corrected chi connectivity index (χ2v) is 6.38. The van der Waals surface area contributed by atoms with Crippen LogP contribution in [0.3, 0.4) is 0 Å². The predicted molar refractivity (Wildman–Crippen MR) is 68.4 cm³/mol. The summed E-state index contributed by atoms with van der Waals surface area (Å²) in [4.78, 5) is 0. The van der Waals surface area contributed by atoms with Gasteiger partial charge in [-0.05, 0) is 31.6 Å². The molecule has 0 bridgehead atoms. The van der Waals surface area contributed by atoms with E-state index in [1.807, 2.05) is 0 Å². The third-order valence-corrected chi connectivity index (χ3v) is 4.79. The molecule has 2 aliphatic carbocycles. The molecule has 104 valence electrons. The second-order valence-electron chi connectivity index (χ2n) is 5.47. The molecule has 0 spiro atoms. The van der Waals surface area contributed by atoms with Crippen molar-refractivity contribution in [2.75, 3.05) is 6.61 Å². The molecule has 0 aromatic heterocycles. The molecule has 0 heterocycles. The average Bonchev–Trinajstić information content (AvgIpc) is 2.40. The zero-order valence-corrected chi connectivity index (χ0v) is 11.7. The van der Waals surface area contributed by atoms with Gasteiger partial charge in [-0.25, -0.2) is 4.39 Å². The van der Waals surface area contributed by atoms with Crippen LogP contribution in [-0.4, -0.2) is 18.9 Å². The first-order valence-electron chi connectivity index (χ1n) is 7.16. The highest BCUT2D eigenvalue weighted by Gasteiger charge is 2.35. The Labute approximate surface area is 109 Å². The van der Waals surface area contributed by atoms with Crippen molar-refractivity contribution in [2.45, 2.75) is 70.1 Å². The van der Waals surface area contributed by atoms with E-state index in [2.05, 4.69) is 0 Å². The monoisotopic (exact) mass is 277 g/mol. The first-order chi connectivity index (χ1) is 8.75. The molecule has 5 heteroatoms. The number of hydrogen-bond acceptors (Lipinski definition) is 3. The summed E-state index contributed by atoms with van der Waals surface area (Å²) < 4.78 is 35.6. The Morgan fingerprint density at radius 1 is 1.00 bits per heavy atom. The Balaban J connectivity index is 1.64. The number of hydrogen-bond donors (Lipinski definition) is 0. The van der Waals surface area contributed by atoms with Gasteiger partial charge in [0.05, 0.1) is 0 Å². The maximum absolute atomic E-state index is 13.5. The Hall–Kier alpha value is -0.0500. The summed E-state index contributed by atoms with van der Waals surface area (Å²) in [7, 11) is -2.14. The van der Waals surface area contributed by atoms with Gasteiger partial charge >= 0.3 is 8.25 Å². The maximum atomic E-state index is 13.5. The van der Waals surface area contributed by atoms with E-state index in [0.29, 0.717) is 25.4 Å². The molecule has 0 N–H and O–H groups in total. The molecule has 0 radical (unpaired) electrons. The highest BCUT2D eigenvalue weighted by atomic mass is 31.1. The molecular weight excluding hydrogens is 254 g/mol. The normalized spacial score (nSPS) is 31.3. The van der Waals surface area contributed by atoms with E-state index in [-0.39, 0.29) is 0 Å². The predicted octanol–water partition coefficient (Wildman–Crippen LogP) is 4.54. The van der Waals surface area contributed by atoms with E-state index in [0.717, 1.165) is 25.7 Å². The summed E-state index contributed by atoms with van der Waals surface area (Å²) in [5.74, 6) is 0.508. The van der Waals surface area contributed by atoms with Crippen LogP contribution in [0.1, 0.15) is 57.8 Å². The van der Waals surface area contributed by atoms with Crippen LogP contribution in [0, 0.1) is 5.92 Å². The molecule has 2 fully saturated rings. The van der Waals surface area contributed by atoms with Gasteiger partial charge in [0.2, 0.25) is 0 Å². The van der Waals surface area contributed by atoms with Crippen LogP contribution in [0.15, 0.2) is 0 Å². The third-order valence-electron chi connectivity index (χ3n) is 3.98. The van der Waals surface area contributed by atoms with Crippen molar-refractivity contribution in [3.05, 3.63) is 0 Å². The Kier molecular flexibility index (Phi) is 6.00. The third kappa shape index (κ3) is 4.56. The zero-order chi connectivity index (χ0) is 12.8.